The largest absolute Gasteiger partial charge is 0.496 e. The zero-order valence-corrected chi connectivity index (χ0v) is 16.9. The molecular formula is C19H30N2O4S. The summed E-state index contributed by atoms with van der Waals surface area (Å²) in [5.41, 5.74) is 0.299. The molecule has 1 aromatic carbocycles. The van der Waals surface area contributed by atoms with E-state index in [4.69, 9.17) is 4.74 Å². The number of benzene rings is 1. The van der Waals surface area contributed by atoms with Crippen LogP contribution >= 0.6 is 0 Å². The number of sulfonamides is 1. The number of nitrogens with one attached hydrogen (secondary N) is 1. The van der Waals surface area contributed by atoms with E-state index in [9.17, 15) is 13.2 Å². The number of methoxy groups -OCH3 is 1. The topological polar surface area (TPSA) is 75.7 Å². The summed E-state index contributed by atoms with van der Waals surface area (Å²) < 4.78 is 33.2. The van der Waals surface area contributed by atoms with Crippen LogP contribution in [0.5, 0.6) is 5.75 Å². The van der Waals surface area contributed by atoms with E-state index in [2.05, 4.69) is 11.6 Å². The summed E-state index contributed by atoms with van der Waals surface area (Å²) in [6.45, 7) is 7.40. The molecule has 146 valence electrons. The van der Waals surface area contributed by atoms with Crippen molar-refractivity contribution >= 4 is 15.9 Å². The van der Waals surface area contributed by atoms with Crippen LogP contribution in [0, 0.1) is 5.92 Å². The second-order valence-corrected chi connectivity index (χ2v) is 8.86. The molecule has 0 aliphatic carbocycles. The van der Waals surface area contributed by atoms with E-state index in [0.717, 1.165) is 25.7 Å². The van der Waals surface area contributed by atoms with Gasteiger partial charge in [0, 0.05) is 19.1 Å². The van der Waals surface area contributed by atoms with Gasteiger partial charge in [0.1, 0.15) is 5.75 Å². The number of amides is 1. The van der Waals surface area contributed by atoms with Gasteiger partial charge in [-0.05, 0) is 50.3 Å². The maximum absolute atomic E-state index is 12.9. The van der Waals surface area contributed by atoms with E-state index in [1.807, 2.05) is 13.8 Å². The van der Waals surface area contributed by atoms with E-state index in [1.54, 1.807) is 11.0 Å². The first-order valence-corrected chi connectivity index (χ1v) is 10.8. The Morgan fingerprint density at radius 2 is 2.00 bits per heavy atom. The second-order valence-electron chi connectivity index (χ2n) is 7.15. The van der Waals surface area contributed by atoms with Crippen molar-refractivity contribution in [2.45, 2.75) is 57.4 Å². The lowest BCUT2D eigenvalue weighted by atomic mass is 9.98. The molecule has 1 aromatic rings. The van der Waals surface area contributed by atoms with Crippen LogP contribution in [0.15, 0.2) is 23.1 Å². The third-order valence-corrected chi connectivity index (χ3v) is 6.45. The Kier molecular flexibility index (Phi) is 7.06. The minimum atomic E-state index is -3.68. The Balaban J connectivity index is 2.29. The molecule has 1 aliphatic rings. The van der Waals surface area contributed by atoms with Gasteiger partial charge in [-0.1, -0.05) is 20.3 Å². The number of likely N-dealkylation sites (tertiary alicyclic amines) is 1. The molecule has 1 aliphatic heterocycles. The van der Waals surface area contributed by atoms with Gasteiger partial charge in [-0.2, -0.15) is 0 Å². The van der Waals surface area contributed by atoms with Crippen molar-refractivity contribution in [3.63, 3.8) is 0 Å². The van der Waals surface area contributed by atoms with Gasteiger partial charge in [-0.3, -0.25) is 4.79 Å². The molecule has 1 fully saturated rings. The normalized spacial score (nSPS) is 17.2. The Bertz CT molecular complexity index is 725. The van der Waals surface area contributed by atoms with E-state index in [-0.39, 0.29) is 16.8 Å². The molecule has 6 nitrogen and oxygen atoms in total. The van der Waals surface area contributed by atoms with Gasteiger partial charge in [0.15, 0.2) is 0 Å². The molecule has 26 heavy (non-hydrogen) atoms. The zero-order chi connectivity index (χ0) is 19.3. The van der Waals surface area contributed by atoms with E-state index >= 15 is 0 Å². The van der Waals surface area contributed by atoms with Gasteiger partial charge < -0.3 is 9.64 Å². The number of hydrogen-bond donors (Lipinski definition) is 1. The lowest BCUT2D eigenvalue weighted by Gasteiger charge is -2.30. The van der Waals surface area contributed by atoms with Crippen LogP contribution in [-0.4, -0.2) is 45.5 Å². The highest BCUT2D eigenvalue weighted by molar-refractivity contribution is 7.89. The fraction of sp³-hybridized carbons (Fsp3) is 0.632. The smallest absolute Gasteiger partial charge is 0.257 e. The molecule has 0 bridgehead atoms. The Morgan fingerprint density at radius 1 is 1.35 bits per heavy atom. The molecule has 1 saturated heterocycles. The van der Waals surface area contributed by atoms with Crippen LogP contribution < -0.4 is 9.46 Å². The summed E-state index contributed by atoms with van der Waals surface area (Å²) in [4.78, 5) is 14.8. The standard InChI is InChI=1S/C19H30N2O4S/c1-5-6-15(3)20-26(23,24)16-7-8-18(25-4)17(13-16)19(22)21-11-9-14(2)10-12-21/h7-8,13-15,20H,5-6,9-12H2,1-4H3/t15-/m0/s1. The van der Waals surface area contributed by atoms with E-state index in [0.29, 0.717) is 30.3 Å². The molecule has 0 aromatic heterocycles. The van der Waals surface area contributed by atoms with Crippen LogP contribution in [-0.2, 0) is 10.0 Å². The van der Waals surface area contributed by atoms with Crippen molar-refractivity contribution in [3.05, 3.63) is 23.8 Å². The summed E-state index contributed by atoms with van der Waals surface area (Å²) in [6.07, 6.45) is 3.57. The second kappa shape index (κ2) is 8.86. The molecule has 0 saturated carbocycles. The molecule has 0 unspecified atom stereocenters. The fourth-order valence-corrected chi connectivity index (χ4v) is 4.53. The maximum atomic E-state index is 12.9. The molecule has 0 spiro atoms. The van der Waals surface area contributed by atoms with Crippen molar-refractivity contribution in [2.24, 2.45) is 5.92 Å². The number of rotatable bonds is 7. The minimum absolute atomic E-state index is 0.0926. The Hall–Kier alpha value is -1.60. The van der Waals surface area contributed by atoms with Crippen molar-refractivity contribution in [1.82, 2.24) is 9.62 Å². The lowest BCUT2D eigenvalue weighted by molar-refractivity contribution is 0.0693. The third-order valence-electron chi connectivity index (χ3n) is 4.86. The number of carbonyl (C=O) groups excluding carboxylic acids is 1. The van der Waals surface area contributed by atoms with Crippen molar-refractivity contribution in [1.29, 1.82) is 0 Å². The average Bonchev–Trinajstić information content (AvgIpc) is 2.61. The van der Waals surface area contributed by atoms with Crippen LogP contribution in [0.25, 0.3) is 0 Å². The molecule has 1 heterocycles. The van der Waals surface area contributed by atoms with Crippen LogP contribution in [0.3, 0.4) is 0 Å². The number of carbonyl (C=O) groups is 1. The highest BCUT2D eigenvalue weighted by Crippen LogP contribution is 2.26. The van der Waals surface area contributed by atoms with Gasteiger partial charge in [-0.25, -0.2) is 13.1 Å². The average molecular weight is 383 g/mol. The summed E-state index contributed by atoms with van der Waals surface area (Å²) in [6, 6.07) is 4.31. The molecule has 1 N–H and O–H groups in total. The molecule has 2 rings (SSSR count). The molecule has 1 amide bonds. The highest BCUT2D eigenvalue weighted by atomic mass is 32.2. The highest BCUT2D eigenvalue weighted by Gasteiger charge is 2.26. The Labute approximate surface area is 157 Å². The molecule has 1 atom stereocenters. The molecule has 0 radical (unpaired) electrons. The van der Waals surface area contributed by atoms with Crippen molar-refractivity contribution in [2.75, 3.05) is 20.2 Å². The third kappa shape index (κ3) is 4.98. The summed E-state index contributed by atoms with van der Waals surface area (Å²) in [5.74, 6) is 0.832. The SMILES string of the molecule is CCC[C@H](C)NS(=O)(=O)c1ccc(OC)c(C(=O)N2CCC(C)CC2)c1. The first kappa shape index (κ1) is 20.7. The number of hydrogen-bond acceptors (Lipinski definition) is 4. The van der Waals surface area contributed by atoms with E-state index < -0.39 is 10.0 Å². The fourth-order valence-electron chi connectivity index (χ4n) is 3.23. The van der Waals surface area contributed by atoms with Crippen molar-refractivity contribution < 1.29 is 17.9 Å². The molecule has 7 heteroatoms. The number of piperidine rings is 1. The summed E-state index contributed by atoms with van der Waals surface area (Å²) in [5, 5.41) is 0. The van der Waals surface area contributed by atoms with Gasteiger partial charge >= 0.3 is 0 Å². The maximum Gasteiger partial charge on any atom is 0.257 e. The van der Waals surface area contributed by atoms with Crippen molar-refractivity contribution in [3.8, 4) is 5.75 Å². The van der Waals surface area contributed by atoms with Gasteiger partial charge in [-0.15, -0.1) is 0 Å². The summed E-state index contributed by atoms with van der Waals surface area (Å²) >= 11 is 0. The summed E-state index contributed by atoms with van der Waals surface area (Å²) in [7, 11) is -2.19. The predicted octanol–water partition coefficient (Wildman–Crippen LogP) is 3.03. The number of ether oxygens (including phenoxy) is 1. The minimum Gasteiger partial charge on any atom is -0.496 e. The van der Waals surface area contributed by atoms with Crippen LogP contribution in [0.4, 0.5) is 0 Å². The number of nitrogens with zero attached hydrogens (tertiary/aromatic N) is 1. The van der Waals surface area contributed by atoms with Gasteiger partial charge in [0.05, 0.1) is 17.6 Å². The molecular weight excluding hydrogens is 352 g/mol. The zero-order valence-electron chi connectivity index (χ0n) is 16.1. The first-order chi connectivity index (χ1) is 12.3. The van der Waals surface area contributed by atoms with Gasteiger partial charge in [0.2, 0.25) is 10.0 Å². The van der Waals surface area contributed by atoms with Crippen LogP contribution in [0.1, 0.15) is 56.8 Å². The monoisotopic (exact) mass is 382 g/mol. The predicted molar refractivity (Wildman–Crippen MR) is 102 cm³/mol. The van der Waals surface area contributed by atoms with Crippen LogP contribution in [0.2, 0.25) is 0 Å². The lowest BCUT2D eigenvalue weighted by Crippen LogP contribution is -2.38. The first-order valence-electron chi connectivity index (χ1n) is 9.28. The van der Waals surface area contributed by atoms with E-state index in [1.165, 1.54) is 19.2 Å². The Morgan fingerprint density at radius 3 is 2.58 bits per heavy atom. The quantitative estimate of drug-likeness (QED) is 0.786. The van der Waals surface area contributed by atoms with Gasteiger partial charge in [0.25, 0.3) is 5.91 Å².